The normalized spacial score (nSPS) is 11.3. The smallest absolute Gasteiger partial charge is 0.183 e. The average Bonchev–Trinajstić information content (AvgIpc) is 2.86. The molecule has 2 rings (SSSR count). The van der Waals surface area contributed by atoms with Crippen LogP contribution in [0.2, 0.25) is 0 Å². The van der Waals surface area contributed by atoms with Gasteiger partial charge in [-0.1, -0.05) is 25.2 Å². The number of furan rings is 1. The Labute approximate surface area is 105 Å². The third-order valence-electron chi connectivity index (χ3n) is 2.25. The molecule has 0 amide bonds. The molecule has 1 N–H and O–H groups in total. The molecule has 5 heteroatoms. The van der Waals surface area contributed by atoms with Crippen LogP contribution in [0.1, 0.15) is 24.6 Å². The van der Waals surface area contributed by atoms with Crippen LogP contribution in [0.5, 0.6) is 0 Å². The Bertz CT molecular complexity index is 476. The lowest BCUT2D eigenvalue weighted by molar-refractivity contribution is 0.546. The van der Waals surface area contributed by atoms with Crippen LogP contribution in [-0.4, -0.2) is 16.7 Å². The molecule has 0 aliphatic rings. The van der Waals surface area contributed by atoms with Gasteiger partial charge < -0.3 is 9.73 Å². The van der Waals surface area contributed by atoms with Crippen molar-refractivity contribution in [3.63, 3.8) is 0 Å². The molecule has 0 aliphatic heterocycles. The van der Waals surface area contributed by atoms with Crippen molar-refractivity contribution in [3.05, 3.63) is 22.9 Å². The van der Waals surface area contributed by atoms with Crippen molar-refractivity contribution in [1.29, 1.82) is 0 Å². The summed E-state index contributed by atoms with van der Waals surface area (Å²) >= 11 is 1.57. The third-order valence-corrected chi connectivity index (χ3v) is 3.18. The Morgan fingerprint density at radius 1 is 1.35 bits per heavy atom. The fourth-order valence-corrected chi connectivity index (χ4v) is 2.21. The standard InChI is InChI=1S/C12H17N3OS/c1-8(2)6-13-7-11-14-15-12(17-11)10-5-4-9(3)16-10/h4-5,8,13H,6-7H2,1-3H3. The fourth-order valence-electron chi connectivity index (χ4n) is 1.44. The molecule has 2 aromatic heterocycles. The Morgan fingerprint density at radius 2 is 2.18 bits per heavy atom. The van der Waals surface area contributed by atoms with Crippen molar-refractivity contribution in [2.24, 2.45) is 5.92 Å². The summed E-state index contributed by atoms with van der Waals surface area (Å²) in [5.41, 5.74) is 0. The van der Waals surface area contributed by atoms with Crippen molar-refractivity contribution in [2.75, 3.05) is 6.54 Å². The van der Waals surface area contributed by atoms with Gasteiger partial charge in [-0.05, 0) is 31.5 Å². The maximum atomic E-state index is 5.51. The van der Waals surface area contributed by atoms with Gasteiger partial charge in [0.25, 0.3) is 0 Å². The molecule has 4 nitrogen and oxygen atoms in total. The first-order valence-corrected chi connectivity index (χ1v) is 6.56. The molecule has 0 unspecified atom stereocenters. The van der Waals surface area contributed by atoms with Crippen LogP contribution in [0.3, 0.4) is 0 Å². The van der Waals surface area contributed by atoms with Crippen LogP contribution in [0, 0.1) is 12.8 Å². The van der Waals surface area contributed by atoms with E-state index in [0.717, 1.165) is 34.6 Å². The molecule has 17 heavy (non-hydrogen) atoms. The van der Waals surface area contributed by atoms with Crippen LogP contribution in [0.25, 0.3) is 10.8 Å². The van der Waals surface area contributed by atoms with Gasteiger partial charge in [-0.25, -0.2) is 0 Å². The van der Waals surface area contributed by atoms with E-state index in [2.05, 4.69) is 29.4 Å². The predicted molar refractivity (Wildman–Crippen MR) is 68.9 cm³/mol. The number of rotatable bonds is 5. The first-order chi connectivity index (χ1) is 8.15. The molecule has 0 aliphatic carbocycles. The number of nitrogens with one attached hydrogen (secondary N) is 1. The van der Waals surface area contributed by atoms with Crippen molar-refractivity contribution in [1.82, 2.24) is 15.5 Å². The monoisotopic (exact) mass is 251 g/mol. The second kappa shape index (κ2) is 5.42. The van der Waals surface area contributed by atoms with Crippen molar-refractivity contribution in [3.8, 4) is 10.8 Å². The quantitative estimate of drug-likeness (QED) is 0.887. The predicted octanol–water partition coefficient (Wildman–Crippen LogP) is 2.85. The molecule has 0 atom stereocenters. The van der Waals surface area contributed by atoms with Crippen LogP contribution in [0.15, 0.2) is 16.5 Å². The maximum absolute atomic E-state index is 5.51. The molecule has 0 bridgehead atoms. The first-order valence-electron chi connectivity index (χ1n) is 5.75. The summed E-state index contributed by atoms with van der Waals surface area (Å²) in [6.45, 7) is 8.06. The van der Waals surface area contributed by atoms with Crippen molar-refractivity contribution < 1.29 is 4.42 Å². The second-order valence-corrected chi connectivity index (χ2v) is 5.50. The van der Waals surface area contributed by atoms with Gasteiger partial charge in [0.1, 0.15) is 10.8 Å². The summed E-state index contributed by atoms with van der Waals surface area (Å²) in [6.07, 6.45) is 0. The van der Waals surface area contributed by atoms with Gasteiger partial charge in [-0.15, -0.1) is 10.2 Å². The highest BCUT2D eigenvalue weighted by Crippen LogP contribution is 2.25. The van der Waals surface area contributed by atoms with E-state index in [-0.39, 0.29) is 0 Å². The summed E-state index contributed by atoms with van der Waals surface area (Å²) in [4.78, 5) is 0. The van der Waals surface area contributed by atoms with Crippen LogP contribution < -0.4 is 5.32 Å². The van der Waals surface area contributed by atoms with Gasteiger partial charge in [-0.2, -0.15) is 0 Å². The Balaban J connectivity index is 1.96. The summed E-state index contributed by atoms with van der Waals surface area (Å²) in [7, 11) is 0. The highest BCUT2D eigenvalue weighted by atomic mass is 32.1. The summed E-state index contributed by atoms with van der Waals surface area (Å²) < 4.78 is 5.51. The van der Waals surface area contributed by atoms with E-state index >= 15 is 0 Å². The van der Waals surface area contributed by atoms with Crippen LogP contribution in [-0.2, 0) is 6.54 Å². The number of hydrogen-bond donors (Lipinski definition) is 1. The molecule has 0 aromatic carbocycles. The Morgan fingerprint density at radius 3 is 2.82 bits per heavy atom. The van der Waals surface area contributed by atoms with E-state index in [0.29, 0.717) is 5.92 Å². The molecule has 0 saturated carbocycles. The van der Waals surface area contributed by atoms with E-state index in [9.17, 15) is 0 Å². The highest BCUT2D eigenvalue weighted by molar-refractivity contribution is 7.14. The minimum Gasteiger partial charge on any atom is -0.459 e. The first kappa shape index (κ1) is 12.3. The molecular formula is C12H17N3OS. The molecule has 0 fully saturated rings. The Kier molecular flexibility index (Phi) is 3.91. The van der Waals surface area contributed by atoms with Gasteiger partial charge in [0.2, 0.25) is 0 Å². The molecule has 92 valence electrons. The van der Waals surface area contributed by atoms with Gasteiger partial charge >= 0.3 is 0 Å². The fraction of sp³-hybridized carbons (Fsp3) is 0.500. The van der Waals surface area contributed by atoms with Gasteiger partial charge in [0, 0.05) is 6.54 Å². The van der Waals surface area contributed by atoms with Gasteiger partial charge in [-0.3, -0.25) is 0 Å². The van der Waals surface area contributed by atoms with E-state index in [1.54, 1.807) is 11.3 Å². The lowest BCUT2D eigenvalue weighted by Gasteiger charge is -2.03. The summed E-state index contributed by atoms with van der Waals surface area (Å²) in [6, 6.07) is 3.87. The molecular weight excluding hydrogens is 234 g/mol. The van der Waals surface area contributed by atoms with Crippen molar-refractivity contribution >= 4 is 11.3 Å². The second-order valence-electron chi connectivity index (χ2n) is 4.44. The highest BCUT2D eigenvalue weighted by Gasteiger charge is 2.09. The lowest BCUT2D eigenvalue weighted by atomic mass is 10.2. The van der Waals surface area contributed by atoms with E-state index in [1.807, 2.05) is 19.1 Å². The topological polar surface area (TPSA) is 51.0 Å². The van der Waals surface area contributed by atoms with Crippen LogP contribution in [0.4, 0.5) is 0 Å². The Hall–Kier alpha value is -1.20. The van der Waals surface area contributed by atoms with Gasteiger partial charge in [0.05, 0.1) is 0 Å². The maximum Gasteiger partial charge on any atom is 0.183 e. The third kappa shape index (κ3) is 3.38. The molecule has 0 radical (unpaired) electrons. The summed E-state index contributed by atoms with van der Waals surface area (Å²) in [5.74, 6) is 2.35. The summed E-state index contributed by atoms with van der Waals surface area (Å²) in [5, 5.41) is 13.5. The number of aromatic nitrogens is 2. The van der Waals surface area contributed by atoms with E-state index in [4.69, 9.17) is 4.42 Å². The molecule has 2 heterocycles. The van der Waals surface area contributed by atoms with Gasteiger partial charge in [0.15, 0.2) is 10.8 Å². The molecule has 0 saturated heterocycles. The zero-order valence-electron chi connectivity index (χ0n) is 10.4. The largest absolute Gasteiger partial charge is 0.459 e. The zero-order chi connectivity index (χ0) is 12.3. The molecule has 0 spiro atoms. The number of hydrogen-bond acceptors (Lipinski definition) is 5. The SMILES string of the molecule is Cc1ccc(-c2nnc(CNCC(C)C)s2)o1. The number of nitrogens with zero attached hydrogens (tertiary/aromatic N) is 2. The molecule has 2 aromatic rings. The minimum atomic E-state index is 0.648. The zero-order valence-corrected chi connectivity index (χ0v) is 11.2. The van der Waals surface area contributed by atoms with Crippen molar-refractivity contribution in [2.45, 2.75) is 27.3 Å². The number of aryl methyl sites for hydroxylation is 1. The lowest BCUT2D eigenvalue weighted by Crippen LogP contribution is -2.18. The van der Waals surface area contributed by atoms with Crippen LogP contribution >= 0.6 is 11.3 Å². The van der Waals surface area contributed by atoms with E-state index < -0.39 is 0 Å². The average molecular weight is 251 g/mol. The minimum absolute atomic E-state index is 0.648. The van der Waals surface area contributed by atoms with E-state index in [1.165, 1.54) is 0 Å².